The number of imidazole rings is 1. The predicted octanol–water partition coefficient (Wildman–Crippen LogP) is 1.79. The van der Waals surface area contributed by atoms with Gasteiger partial charge in [0.25, 0.3) is 0 Å². The zero-order valence-corrected chi connectivity index (χ0v) is 8.62. The largest absolute Gasteiger partial charge is 0.481 e. The molecule has 0 aromatic carbocycles. The molecule has 2 heterocycles. The molecule has 1 aliphatic rings. The number of nitrogens with zero attached hydrogens (tertiary/aromatic N) is 2. The lowest BCUT2D eigenvalue weighted by Gasteiger charge is -2.11. The molecule has 0 unspecified atom stereocenters. The number of aromatic nitrogens is 2. The van der Waals surface area contributed by atoms with E-state index in [4.69, 9.17) is 5.11 Å². The summed E-state index contributed by atoms with van der Waals surface area (Å²) in [5, 5.41) is 8.40. The van der Waals surface area contributed by atoms with Crippen LogP contribution in [0.2, 0.25) is 0 Å². The first-order valence-electron chi connectivity index (χ1n) is 5.15. The molecule has 6 heteroatoms. The average Bonchev–Trinajstić information content (AvgIpc) is 2.59. The van der Waals surface area contributed by atoms with Crippen LogP contribution in [-0.2, 0) is 23.7 Å². The Morgan fingerprint density at radius 1 is 1.56 bits per heavy atom. The SMILES string of the molecule is O=C(O)CC(F)(F)c1cn2c(n1)CCCC2. The van der Waals surface area contributed by atoms with Gasteiger partial charge in [-0.05, 0) is 12.8 Å². The van der Waals surface area contributed by atoms with E-state index >= 15 is 0 Å². The third-order valence-corrected chi connectivity index (χ3v) is 2.66. The number of rotatable bonds is 3. The summed E-state index contributed by atoms with van der Waals surface area (Å²) in [4.78, 5) is 14.1. The third kappa shape index (κ3) is 2.05. The molecule has 0 atom stereocenters. The van der Waals surface area contributed by atoms with Crippen LogP contribution in [0.25, 0.3) is 0 Å². The van der Waals surface area contributed by atoms with E-state index in [-0.39, 0.29) is 0 Å². The maximum absolute atomic E-state index is 13.4. The van der Waals surface area contributed by atoms with Crippen LogP contribution < -0.4 is 0 Å². The number of carbonyl (C=O) groups is 1. The second-order valence-electron chi connectivity index (χ2n) is 3.97. The number of fused-ring (bicyclic) bond motifs is 1. The number of hydrogen-bond acceptors (Lipinski definition) is 2. The van der Waals surface area contributed by atoms with Gasteiger partial charge in [-0.15, -0.1) is 0 Å². The molecule has 0 amide bonds. The van der Waals surface area contributed by atoms with Gasteiger partial charge in [-0.1, -0.05) is 0 Å². The second-order valence-corrected chi connectivity index (χ2v) is 3.97. The van der Waals surface area contributed by atoms with Crippen molar-refractivity contribution in [2.24, 2.45) is 0 Å². The molecule has 16 heavy (non-hydrogen) atoms. The quantitative estimate of drug-likeness (QED) is 0.861. The van der Waals surface area contributed by atoms with Crippen LogP contribution >= 0.6 is 0 Å². The first-order valence-corrected chi connectivity index (χ1v) is 5.15. The number of carboxylic acids is 1. The minimum Gasteiger partial charge on any atom is -0.481 e. The highest BCUT2D eigenvalue weighted by molar-refractivity contribution is 5.68. The summed E-state index contributed by atoms with van der Waals surface area (Å²) in [5.41, 5.74) is -0.424. The molecule has 1 aliphatic heterocycles. The minimum atomic E-state index is -3.38. The Morgan fingerprint density at radius 2 is 2.31 bits per heavy atom. The van der Waals surface area contributed by atoms with Crippen LogP contribution in [0.15, 0.2) is 6.20 Å². The van der Waals surface area contributed by atoms with Crippen LogP contribution in [-0.4, -0.2) is 20.6 Å². The number of aryl methyl sites for hydroxylation is 2. The fourth-order valence-corrected chi connectivity index (χ4v) is 1.87. The molecule has 0 aliphatic carbocycles. The third-order valence-electron chi connectivity index (χ3n) is 2.66. The highest BCUT2D eigenvalue weighted by Crippen LogP contribution is 2.31. The molecular formula is C10H12F2N2O2. The fourth-order valence-electron chi connectivity index (χ4n) is 1.87. The molecular weight excluding hydrogens is 218 g/mol. The van der Waals surface area contributed by atoms with Crippen LogP contribution in [0, 0.1) is 0 Å². The van der Waals surface area contributed by atoms with E-state index in [1.165, 1.54) is 6.20 Å². The van der Waals surface area contributed by atoms with Crippen molar-refractivity contribution in [1.29, 1.82) is 0 Å². The highest BCUT2D eigenvalue weighted by atomic mass is 19.3. The van der Waals surface area contributed by atoms with Gasteiger partial charge in [-0.2, -0.15) is 8.78 Å². The van der Waals surface area contributed by atoms with Gasteiger partial charge in [-0.3, -0.25) is 4.79 Å². The summed E-state index contributed by atoms with van der Waals surface area (Å²) in [7, 11) is 0. The van der Waals surface area contributed by atoms with E-state index in [0.717, 1.165) is 12.8 Å². The molecule has 0 saturated carbocycles. The average molecular weight is 230 g/mol. The Hall–Kier alpha value is -1.46. The van der Waals surface area contributed by atoms with E-state index in [2.05, 4.69) is 4.98 Å². The van der Waals surface area contributed by atoms with Crippen molar-refractivity contribution in [1.82, 2.24) is 9.55 Å². The van der Waals surface area contributed by atoms with Crippen molar-refractivity contribution < 1.29 is 18.7 Å². The van der Waals surface area contributed by atoms with Gasteiger partial charge in [0.05, 0.1) is 0 Å². The maximum Gasteiger partial charge on any atom is 0.309 e. The number of hydrogen-bond donors (Lipinski definition) is 1. The molecule has 1 aromatic rings. The van der Waals surface area contributed by atoms with Gasteiger partial charge < -0.3 is 9.67 Å². The van der Waals surface area contributed by atoms with E-state index in [0.29, 0.717) is 18.8 Å². The lowest BCUT2D eigenvalue weighted by Crippen LogP contribution is -2.19. The zero-order chi connectivity index (χ0) is 11.8. The van der Waals surface area contributed by atoms with Gasteiger partial charge >= 0.3 is 11.9 Å². The van der Waals surface area contributed by atoms with Gasteiger partial charge in [-0.25, -0.2) is 4.98 Å². The standard InChI is InChI=1S/C10H12F2N2O2/c11-10(12,5-9(15)16)7-6-14-4-2-1-3-8(14)13-7/h6H,1-5H2,(H,15,16). The second kappa shape index (κ2) is 3.84. The number of aliphatic carboxylic acids is 1. The number of carboxylic acid groups (broad SMARTS) is 1. The summed E-state index contributed by atoms with van der Waals surface area (Å²) in [6.45, 7) is 0.686. The Labute approximate surface area is 90.9 Å². The summed E-state index contributed by atoms with van der Waals surface area (Å²) < 4.78 is 28.6. The normalized spacial score (nSPS) is 15.9. The Kier molecular flexibility index (Phi) is 2.65. The van der Waals surface area contributed by atoms with Gasteiger partial charge in [0.15, 0.2) is 0 Å². The summed E-state index contributed by atoms with van der Waals surface area (Å²) in [6, 6.07) is 0. The Bertz CT molecular complexity index is 391. The molecule has 88 valence electrons. The van der Waals surface area contributed by atoms with Crippen molar-refractivity contribution in [3.63, 3.8) is 0 Å². The Balaban J connectivity index is 2.26. The maximum atomic E-state index is 13.4. The summed E-state index contributed by atoms with van der Waals surface area (Å²) in [5.74, 6) is -4.27. The van der Waals surface area contributed by atoms with Crippen molar-refractivity contribution in [3.05, 3.63) is 17.7 Å². The summed E-state index contributed by atoms with van der Waals surface area (Å²) >= 11 is 0. The zero-order valence-electron chi connectivity index (χ0n) is 8.62. The van der Waals surface area contributed by atoms with Crippen LogP contribution in [0.4, 0.5) is 8.78 Å². The molecule has 0 radical (unpaired) electrons. The van der Waals surface area contributed by atoms with E-state index in [1.807, 2.05) is 0 Å². The van der Waals surface area contributed by atoms with Gasteiger partial charge in [0.2, 0.25) is 0 Å². The summed E-state index contributed by atoms with van der Waals surface area (Å²) in [6.07, 6.45) is 2.65. The molecule has 1 aromatic heterocycles. The van der Waals surface area contributed by atoms with E-state index in [1.54, 1.807) is 4.57 Å². The number of halogens is 2. The first kappa shape index (κ1) is 11.0. The minimum absolute atomic E-state index is 0.424. The van der Waals surface area contributed by atoms with Gasteiger partial charge in [0.1, 0.15) is 17.9 Å². The van der Waals surface area contributed by atoms with Crippen LogP contribution in [0.1, 0.15) is 30.8 Å². The van der Waals surface area contributed by atoms with Gasteiger partial charge in [0, 0.05) is 19.2 Å². The fraction of sp³-hybridized carbons (Fsp3) is 0.600. The van der Waals surface area contributed by atoms with Crippen molar-refractivity contribution in [2.75, 3.05) is 0 Å². The lowest BCUT2D eigenvalue weighted by atomic mass is 10.2. The van der Waals surface area contributed by atoms with Crippen molar-refractivity contribution in [2.45, 2.75) is 38.2 Å². The molecule has 0 bridgehead atoms. The van der Waals surface area contributed by atoms with E-state index < -0.39 is 24.0 Å². The van der Waals surface area contributed by atoms with Crippen LogP contribution in [0.5, 0.6) is 0 Å². The van der Waals surface area contributed by atoms with Crippen molar-refractivity contribution in [3.8, 4) is 0 Å². The predicted molar refractivity (Wildman–Crippen MR) is 51.3 cm³/mol. The molecule has 0 spiro atoms. The Morgan fingerprint density at radius 3 is 2.94 bits per heavy atom. The molecule has 0 fully saturated rings. The molecule has 4 nitrogen and oxygen atoms in total. The monoisotopic (exact) mass is 230 g/mol. The topological polar surface area (TPSA) is 55.1 Å². The van der Waals surface area contributed by atoms with Crippen LogP contribution in [0.3, 0.4) is 0 Å². The molecule has 2 rings (SSSR count). The lowest BCUT2D eigenvalue weighted by molar-refractivity contribution is -0.145. The highest BCUT2D eigenvalue weighted by Gasteiger charge is 2.38. The first-order chi connectivity index (χ1) is 7.49. The smallest absolute Gasteiger partial charge is 0.309 e. The van der Waals surface area contributed by atoms with Crippen molar-refractivity contribution >= 4 is 5.97 Å². The molecule has 1 N–H and O–H groups in total. The number of alkyl halides is 2. The molecule has 0 saturated heterocycles. The van der Waals surface area contributed by atoms with E-state index in [9.17, 15) is 13.6 Å².